The molecule has 0 atom stereocenters. The third-order valence-electron chi connectivity index (χ3n) is 3.15. The third kappa shape index (κ3) is 4.88. The van der Waals surface area contributed by atoms with Crippen molar-refractivity contribution in [1.82, 2.24) is 0 Å². The van der Waals surface area contributed by atoms with Gasteiger partial charge in [0.15, 0.2) is 0 Å². The predicted octanol–water partition coefficient (Wildman–Crippen LogP) is 4.90. The Kier molecular flexibility index (Phi) is 4.96. The molecular formula is C16H10F6O3. The lowest BCUT2D eigenvalue weighted by atomic mass is 9.95. The molecule has 0 aromatic heterocycles. The van der Waals surface area contributed by atoms with Gasteiger partial charge in [0.2, 0.25) is 0 Å². The molecule has 1 N–H and O–H groups in total. The van der Waals surface area contributed by atoms with Crippen LogP contribution in [0.3, 0.4) is 0 Å². The first kappa shape index (κ1) is 18.6. The molecule has 25 heavy (non-hydrogen) atoms. The van der Waals surface area contributed by atoms with Crippen LogP contribution in [-0.2, 0) is 17.4 Å². The molecule has 2 aromatic rings. The highest BCUT2D eigenvalue weighted by molar-refractivity contribution is 5.76. The van der Waals surface area contributed by atoms with Crippen LogP contribution in [0.2, 0.25) is 0 Å². The summed E-state index contributed by atoms with van der Waals surface area (Å²) >= 11 is 0. The Morgan fingerprint density at radius 3 is 2.16 bits per heavy atom. The molecule has 0 saturated carbocycles. The van der Waals surface area contributed by atoms with Gasteiger partial charge in [0.1, 0.15) is 5.75 Å². The second kappa shape index (κ2) is 6.66. The van der Waals surface area contributed by atoms with Gasteiger partial charge >= 0.3 is 18.5 Å². The SMILES string of the molecule is O=C(O)Cc1ccc(-c2ccccc2OC(F)(F)F)c(C(F)(F)F)c1. The molecule has 3 nitrogen and oxygen atoms in total. The predicted molar refractivity (Wildman–Crippen MR) is 74.9 cm³/mol. The number of hydrogen-bond acceptors (Lipinski definition) is 2. The Morgan fingerprint density at radius 2 is 1.60 bits per heavy atom. The van der Waals surface area contributed by atoms with Crippen LogP contribution in [0, 0.1) is 0 Å². The Morgan fingerprint density at radius 1 is 0.960 bits per heavy atom. The van der Waals surface area contributed by atoms with Crippen LogP contribution in [0.15, 0.2) is 42.5 Å². The summed E-state index contributed by atoms with van der Waals surface area (Å²) in [6.07, 6.45) is -10.6. The first-order chi connectivity index (χ1) is 11.5. The molecule has 9 heteroatoms. The fraction of sp³-hybridized carbons (Fsp3) is 0.188. The Bertz CT molecular complexity index is 780. The van der Waals surface area contributed by atoms with Crippen LogP contribution in [0.1, 0.15) is 11.1 Å². The van der Waals surface area contributed by atoms with E-state index in [2.05, 4.69) is 4.74 Å². The van der Waals surface area contributed by atoms with Crippen molar-refractivity contribution in [2.24, 2.45) is 0 Å². The molecule has 134 valence electrons. The van der Waals surface area contributed by atoms with Crippen LogP contribution in [-0.4, -0.2) is 17.4 Å². The van der Waals surface area contributed by atoms with Gasteiger partial charge in [0.05, 0.1) is 12.0 Å². The van der Waals surface area contributed by atoms with Gasteiger partial charge in [-0.25, -0.2) is 0 Å². The van der Waals surface area contributed by atoms with E-state index in [1.54, 1.807) is 0 Å². The Labute approximate surface area is 137 Å². The van der Waals surface area contributed by atoms with Crippen molar-refractivity contribution < 1.29 is 41.0 Å². The van der Waals surface area contributed by atoms with E-state index in [1.165, 1.54) is 12.1 Å². The molecule has 0 aliphatic carbocycles. The molecule has 0 amide bonds. The van der Waals surface area contributed by atoms with Crippen molar-refractivity contribution in [3.05, 3.63) is 53.6 Å². The van der Waals surface area contributed by atoms with Crippen molar-refractivity contribution in [2.45, 2.75) is 19.0 Å². The molecule has 0 heterocycles. The molecule has 0 saturated heterocycles. The lowest BCUT2D eigenvalue weighted by Crippen LogP contribution is -2.18. The summed E-state index contributed by atoms with van der Waals surface area (Å²) in [6.45, 7) is 0. The van der Waals surface area contributed by atoms with E-state index in [4.69, 9.17) is 5.11 Å². The number of carbonyl (C=O) groups is 1. The third-order valence-corrected chi connectivity index (χ3v) is 3.15. The molecule has 0 unspecified atom stereocenters. The number of alkyl halides is 6. The van der Waals surface area contributed by atoms with Gasteiger partial charge in [-0.1, -0.05) is 30.3 Å². The Balaban J connectivity index is 2.61. The summed E-state index contributed by atoms with van der Waals surface area (Å²) in [5.41, 5.74) is -2.32. The number of benzene rings is 2. The van der Waals surface area contributed by atoms with Crippen LogP contribution >= 0.6 is 0 Å². The van der Waals surface area contributed by atoms with Crippen molar-refractivity contribution in [1.29, 1.82) is 0 Å². The summed E-state index contributed by atoms with van der Waals surface area (Å²) in [5, 5.41) is 8.69. The molecule has 0 spiro atoms. The highest BCUT2D eigenvalue weighted by atomic mass is 19.4. The quantitative estimate of drug-likeness (QED) is 0.785. The normalized spacial score (nSPS) is 12.1. The number of aliphatic carboxylic acids is 1. The fourth-order valence-corrected chi connectivity index (χ4v) is 2.25. The highest BCUT2D eigenvalue weighted by Crippen LogP contribution is 2.42. The first-order valence-corrected chi connectivity index (χ1v) is 6.74. The minimum Gasteiger partial charge on any atom is -0.481 e. The summed E-state index contributed by atoms with van der Waals surface area (Å²) in [4.78, 5) is 10.7. The minimum absolute atomic E-state index is 0.127. The number of carboxylic acid groups (broad SMARTS) is 1. The largest absolute Gasteiger partial charge is 0.573 e. The number of ether oxygens (including phenoxy) is 1. The molecule has 0 aliphatic heterocycles. The van der Waals surface area contributed by atoms with E-state index in [0.717, 1.165) is 24.3 Å². The summed E-state index contributed by atoms with van der Waals surface area (Å²) < 4.78 is 81.1. The minimum atomic E-state index is -5.07. The van der Waals surface area contributed by atoms with Gasteiger partial charge in [-0.2, -0.15) is 13.2 Å². The number of halogens is 6. The zero-order valence-electron chi connectivity index (χ0n) is 12.3. The van der Waals surface area contributed by atoms with Gasteiger partial charge in [0.25, 0.3) is 0 Å². The molecule has 0 aliphatic rings. The standard InChI is InChI=1S/C16H10F6O3/c17-15(18,19)12-7-9(8-14(23)24)5-6-10(12)11-3-1-2-4-13(11)25-16(20,21)22/h1-7H,8H2,(H,23,24). The van der Waals surface area contributed by atoms with E-state index >= 15 is 0 Å². The summed E-state index contributed by atoms with van der Waals surface area (Å²) in [5.74, 6) is -2.12. The van der Waals surface area contributed by atoms with Crippen molar-refractivity contribution in [2.75, 3.05) is 0 Å². The van der Waals surface area contributed by atoms with E-state index in [9.17, 15) is 31.1 Å². The van der Waals surface area contributed by atoms with Crippen LogP contribution in [0.4, 0.5) is 26.3 Å². The monoisotopic (exact) mass is 364 g/mol. The topological polar surface area (TPSA) is 46.5 Å². The first-order valence-electron chi connectivity index (χ1n) is 6.74. The maximum absolute atomic E-state index is 13.3. The highest BCUT2D eigenvalue weighted by Gasteiger charge is 2.36. The second-order valence-corrected chi connectivity index (χ2v) is 4.99. The zero-order chi connectivity index (χ0) is 18.8. The van der Waals surface area contributed by atoms with E-state index in [-0.39, 0.29) is 5.56 Å². The van der Waals surface area contributed by atoms with E-state index in [0.29, 0.717) is 6.07 Å². The van der Waals surface area contributed by atoms with Gasteiger partial charge < -0.3 is 9.84 Å². The molecule has 2 aromatic carbocycles. The smallest absolute Gasteiger partial charge is 0.481 e. The summed E-state index contributed by atoms with van der Waals surface area (Å²) in [6, 6.07) is 7.06. The molecular weight excluding hydrogens is 354 g/mol. The lowest BCUT2D eigenvalue weighted by Gasteiger charge is -2.18. The maximum atomic E-state index is 13.3. The number of rotatable bonds is 4. The van der Waals surface area contributed by atoms with E-state index < -0.39 is 47.4 Å². The van der Waals surface area contributed by atoms with Crippen LogP contribution in [0.25, 0.3) is 11.1 Å². The summed E-state index contributed by atoms with van der Waals surface area (Å²) in [7, 11) is 0. The van der Waals surface area contributed by atoms with Crippen molar-refractivity contribution in [3.63, 3.8) is 0 Å². The van der Waals surface area contributed by atoms with Crippen molar-refractivity contribution >= 4 is 5.97 Å². The van der Waals surface area contributed by atoms with Gasteiger partial charge in [-0.3, -0.25) is 4.79 Å². The van der Waals surface area contributed by atoms with Crippen molar-refractivity contribution in [3.8, 4) is 16.9 Å². The van der Waals surface area contributed by atoms with Gasteiger partial charge in [0, 0.05) is 5.56 Å². The van der Waals surface area contributed by atoms with Crippen LogP contribution in [0.5, 0.6) is 5.75 Å². The zero-order valence-corrected chi connectivity index (χ0v) is 12.3. The average molecular weight is 364 g/mol. The molecule has 2 rings (SSSR count). The Hall–Kier alpha value is -2.71. The van der Waals surface area contributed by atoms with E-state index in [1.807, 2.05) is 0 Å². The number of para-hydroxylation sites is 1. The average Bonchev–Trinajstić information content (AvgIpc) is 2.45. The van der Waals surface area contributed by atoms with Gasteiger partial charge in [-0.05, 0) is 23.3 Å². The molecule has 0 bridgehead atoms. The lowest BCUT2D eigenvalue weighted by molar-refractivity contribution is -0.274. The van der Waals surface area contributed by atoms with Crippen LogP contribution < -0.4 is 4.74 Å². The number of carboxylic acids is 1. The second-order valence-electron chi connectivity index (χ2n) is 4.99. The molecule has 0 fully saturated rings. The van der Waals surface area contributed by atoms with Gasteiger partial charge in [-0.15, -0.1) is 13.2 Å². The number of hydrogen-bond donors (Lipinski definition) is 1. The maximum Gasteiger partial charge on any atom is 0.573 e. The fourth-order valence-electron chi connectivity index (χ4n) is 2.25. The molecule has 0 radical (unpaired) electrons.